The molecule has 1 aromatic heterocycles. The van der Waals surface area contributed by atoms with Crippen LogP contribution in [0.3, 0.4) is 0 Å². The van der Waals surface area contributed by atoms with Crippen molar-refractivity contribution in [1.82, 2.24) is 15.6 Å². The number of alkyl halides is 2. The highest BCUT2D eigenvalue weighted by Crippen LogP contribution is 2.26. The number of carbonyl (C=O) groups is 3. The Kier molecular flexibility index (Phi) is 8.10. The number of esters is 1. The number of imide groups is 1. The number of aromatic nitrogens is 1. The first-order valence-electron chi connectivity index (χ1n) is 6.94. The summed E-state index contributed by atoms with van der Waals surface area (Å²) in [5, 5.41) is 4.24. The van der Waals surface area contributed by atoms with E-state index in [4.69, 9.17) is 4.74 Å². The van der Waals surface area contributed by atoms with Crippen LogP contribution in [0.1, 0.15) is 24.2 Å². The van der Waals surface area contributed by atoms with Crippen LogP contribution < -0.4 is 10.6 Å². The number of halogens is 2. The van der Waals surface area contributed by atoms with Crippen LogP contribution in [0, 0.1) is 5.92 Å². The van der Waals surface area contributed by atoms with Crippen molar-refractivity contribution < 1.29 is 27.9 Å². The molecule has 10 heteroatoms. The van der Waals surface area contributed by atoms with Crippen LogP contribution in [0.4, 0.5) is 13.6 Å². The number of ether oxygens (including phenoxy) is 1. The molecular weight excluding hydrogens is 344 g/mol. The van der Waals surface area contributed by atoms with Crippen molar-refractivity contribution >= 4 is 29.7 Å². The normalized spacial score (nSPS) is 10.6. The molecule has 0 aliphatic rings. The number of amides is 3. The average Bonchev–Trinajstić information content (AvgIpc) is 2.50. The van der Waals surface area contributed by atoms with Gasteiger partial charge in [-0.2, -0.15) is 8.78 Å². The molecule has 0 radical (unpaired) electrons. The zero-order valence-corrected chi connectivity index (χ0v) is 13.9. The highest BCUT2D eigenvalue weighted by atomic mass is 32.2. The monoisotopic (exact) mass is 361 g/mol. The topological polar surface area (TPSA) is 97.4 Å². The number of urea groups is 1. The second-order valence-electron chi connectivity index (χ2n) is 4.96. The quantitative estimate of drug-likeness (QED) is 0.570. The summed E-state index contributed by atoms with van der Waals surface area (Å²) in [5.41, 5.74) is -0.181. The smallest absolute Gasteiger partial charge is 0.341 e. The van der Waals surface area contributed by atoms with Crippen molar-refractivity contribution in [3.8, 4) is 0 Å². The Morgan fingerprint density at radius 1 is 1.33 bits per heavy atom. The van der Waals surface area contributed by atoms with Gasteiger partial charge in [-0.15, -0.1) is 0 Å². The van der Waals surface area contributed by atoms with Gasteiger partial charge >= 0.3 is 12.0 Å². The maximum Gasteiger partial charge on any atom is 0.341 e. The molecule has 1 rings (SSSR count). The van der Waals surface area contributed by atoms with Gasteiger partial charge in [0.25, 0.3) is 11.7 Å². The first-order chi connectivity index (χ1) is 11.3. The summed E-state index contributed by atoms with van der Waals surface area (Å²) in [6.07, 6.45) is 1.26. The van der Waals surface area contributed by atoms with Gasteiger partial charge in [0.2, 0.25) is 0 Å². The van der Waals surface area contributed by atoms with Crippen molar-refractivity contribution in [2.24, 2.45) is 5.92 Å². The van der Waals surface area contributed by atoms with Gasteiger partial charge in [-0.3, -0.25) is 10.1 Å². The van der Waals surface area contributed by atoms with E-state index in [9.17, 15) is 23.2 Å². The number of pyridine rings is 1. The third-order valence-corrected chi connectivity index (χ3v) is 3.18. The molecular formula is C14H17F2N3O4S. The molecule has 24 heavy (non-hydrogen) atoms. The van der Waals surface area contributed by atoms with Crippen molar-refractivity contribution in [3.05, 3.63) is 23.9 Å². The molecule has 0 saturated heterocycles. The molecule has 132 valence electrons. The fourth-order valence-electron chi connectivity index (χ4n) is 1.44. The molecule has 0 aliphatic heterocycles. The zero-order valence-electron chi connectivity index (χ0n) is 13.0. The van der Waals surface area contributed by atoms with E-state index in [2.05, 4.69) is 10.3 Å². The van der Waals surface area contributed by atoms with Gasteiger partial charge in [0.05, 0.1) is 5.56 Å². The minimum atomic E-state index is -2.75. The number of nitrogens with zero attached hydrogens (tertiary/aromatic N) is 1. The SMILES string of the molecule is CC(C)CNC(=O)NC(=O)COC(=O)c1cccnc1SC(F)F. The molecule has 0 unspecified atom stereocenters. The molecule has 1 heterocycles. The molecule has 0 saturated carbocycles. The van der Waals surface area contributed by atoms with Crippen molar-refractivity contribution in [2.45, 2.75) is 24.6 Å². The first kappa shape index (κ1) is 19.8. The number of rotatable bonds is 7. The largest absolute Gasteiger partial charge is 0.452 e. The Morgan fingerprint density at radius 3 is 2.67 bits per heavy atom. The predicted molar refractivity (Wildman–Crippen MR) is 82.8 cm³/mol. The van der Waals surface area contributed by atoms with Gasteiger partial charge in [0, 0.05) is 12.7 Å². The molecule has 0 atom stereocenters. The van der Waals surface area contributed by atoms with Crippen LogP contribution in [-0.2, 0) is 9.53 Å². The molecule has 7 nitrogen and oxygen atoms in total. The fraction of sp³-hybridized carbons (Fsp3) is 0.429. The number of nitrogens with one attached hydrogen (secondary N) is 2. The zero-order chi connectivity index (χ0) is 18.1. The number of thioether (sulfide) groups is 1. The Morgan fingerprint density at radius 2 is 2.04 bits per heavy atom. The van der Waals surface area contributed by atoms with Crippen LogP contribution >= 0.6 is 11.8 Å². The van der Waals surface area contributed by atoms with Crippen molar-refractivity contribution in [3.63, 3.8) is 0 Å². The second kappa shape index (κ2) is 9.81. The van der Waals surface area contributed by atoms with Gasteiger partial charge in [0.1, 0.15) is 5.03 Å². The summed E-state index contributed by atoms with van der Waals surface area (Å²) in [6.45, 7) is 3.42. The summed E-state index contributed by atoms with van der Waals surface area (Å²) in [7, 11) is 0. The van der Waals surface area contributed by atoms with E-state index < -0.39 is 30.3 Å². The van der Waals surface area contributed by atoms with Gasteiger partial charge in [-0.1, -0.05) is 13.8 Å². The van der Waals surface area contributed by atoms with Gasteiger partial charge in [-0.05, 0) is 29.8 Å². The first-order valence-corrected chi connectivity index (χ1v) is 7.82. The van der Waals surface area contributed by atoms with Crippen LogP contribution in [0.5, 0.6) is 0 Å². The highest BCUT2D eigenvalue weighted by molar-refractivity contribution is 7.99. The maximum atomic E-state index is 12.4. The number of hydrogen-bond acceptors (Lipinski definition) is 6. The van der Waals surface area contributed by atoms with Gasteiger partial charge in [0.15, 0.2) is 6.61 Å². The van der Waals surface area contributed by atoms with Gasteiger partial charge < -0.3 is 10.1 Å². The van der Waals surface area contributed by atoms with Crippen molar-refractivity contribution in [1.29, 1.82) is 0 Å². The molecule has 1 aromatic rings. The van der Waals surface area contributed by atoms with Gasteiger partial charge in [-0.25, -0.2) is 14.6 Å². The Balaban J connectivity index is 2.51. The van der Waals surface area contributed by atoms with Crippen molar-refractivity contribution in [2.75, 3.05) is 13.2 Å². The molecule has 0 aromatic carbocycles. The molecule has 0 aliphatic carbocycles. The lowest BCUT2D eigenvalue weighted by molar-refractivity contribution is -0.123. The fourth-order valence-corrected chi connectivity index (χ4v) is 2.01. The summed E-state index contributed by atoms with van der Waals surface area (Å²) < 4.78 is 29.5. The number of carbonyl (C=O) groups excluding carboxylic acids is 3. The van der Waals surface area contributed by atoms with Crippen LogP contribution in [0.2, 0.25) is 0 Å². The third-order valence-electron chi connectivity index (χ3n) is 2.45. The summed E-state index contributed by atoms with van der Waals surface area (Å²) in [6, 6.07) is 1.93. The molecule has 3 amide bonds. The Bertz CT molecular complexity index is 599. The second-order valence-corrected chi connectivity index (χ2v) is 5.94. The molecule has 0 bridgehead atoms. The van der Waals surface area contributed by atoms with E-state index in [0.29, 0.717) is 6.54 Å². The summed E-state index contributed by atoms with van der Waals surface area (Å²) in [4.78, 5) is 38.4. The van der Waals surface area contributed by atoms with Crippen LogP contribution in [0.25, 0.3) is 0 Å². The minimum Gasteiger partial charge on any atom is -0.452 e. The van der Waals surface area contributed by atoms with Crippen LogP contribution in [0.15, 0.2) is 23.4 Å². The lowest BCUT2D eigenvalue weighted by Crippen LogP contribution is -2.42. The molecule has 0 spiro atoms. The highest BCUT2D eigenvalue weighted by Gasteiger charge is 2.19. The van der Waals surface area contributed by atoms with E-state index in [1.165, 1.54) is 18.3 Å². The van der Waals surface area contributed by atoms with E-state index >= 15 is 0 Å². The Labute approximate surface area is 141 Å². The molecule has 2 N–H and O–H groups in total. The van der Waals surface area contributed by atoms with E-state index in [-0.39, 0.29) is 28.3 Å². The van der Waals surface area contributed by atoms with E-state index in [1.54, 1.807) is 0 Å². The third kappa shape index (κ3) is 7.36. The lowest BCUT2D eigenvalue weighted by Gasteiger charge is -2.10. The standard InChI is InChI=1S/C14H17F2N3O4S/c1-8(2)6-18-14(22)19-10(20)7-23-12(21)9-4-3-5-17-11(9)24-13(15)16/h3-5,8,13H,6-7H2,1-2H3,(H2,18,19,20,22). The summed E-state index contributed by atoms with van der Waals surface area (Å²) in [5.74, 6) is -4.36. The average molecular weight is 361 g/mol. The molecule has 0 fully saturated rings. The lowest BCUT2D eigenvalue weighted by atomic mass is 10.2. The maximum absolute atomic E-state index is 12.4. The minimum absolute atomic E-state index is 0.0976. The number of hydrogen-bond donors (Lipinski definition) is 2. The van der Waals surface area contributed by atoms with Crippen LogP contribution in [-0.4, -0.2) is 41.8 Å². The van der Waals surface area contributed by atoms with E-state index in [1.807, 2.05) is 19.2 Å². The Hall–Kier alpha value is -2.23. The predicted octanol–water partition coefficient (Wildman–Crippen LogP) is 2.03. The summed E-state index contributed by atoms with van der Waals surface area (Å²) >= 11 is 0.0976. The van der Waals surface area contributed by atoms with E-state index in [0.717, 1.165) is 0 Å².